The molecule has 1 aromatic carbocycles. The molecule has 4 aromatic rings. The summed E-state index contributed by atoms with van der Waals surface area (Å²) in [5, 5.41) is -0.456. The second kappa shape index (κ2) is 6.59. The summed E-state index contributed by atoms with van der Waals surface area (Å²) in [6.07, 6.45) is 7.03. The number of benzene rings is 1. The predicted octanol–water partition coefficient (Wildman–Crippen LogP) is 3.87. The Morgan fingerprint density at radius 2 is 1.67 bits per heavy atom. The van der Waals surface area contributed by atoms with Crippen LogP contribution >= 0.6 is 0 Å². The molecule has 136 valence electrons. The van der Waals surface area contributed by atoms with Crippen LogP contribution in [0.15, 0.2) is 66.1 Å². The Hall–Kier alpha value is -3.06. The molecule has 0 bridgehead atoms. The zero-order valence-corrected chi connectivity index (χ0v) is 15.7. The van der Waals surface area contributed by atoms with Crippen molar-refractivity contribution >= 4 is 21.0 Å². The third-order valence-electron chi connectivity index (χ3n) is 4.47. The van der Waals surface area contributed by atoms with Crippen LogP contribution in [0, 0.1) is 0 Å². The van der Waals surface area contributed by atoms with Gasteiger partial charge in [-0.2, -0.15) is 0 Å². The molecule has 27 heavy (non-hydrogen) atoms. The molecule has 0 radical (unpaired) electrons. The van der Waals surface area contributed by atoms with Crippen molar-refractivity contribution in [3.8, 4) is 22.4 Å². The molecule has 1 N–H and O–H groups in total. The van der Waals surface area contributed by atoms with Crippen molar-refractivity contribution in [2.45, 2.75) is 24.0 Å². The first-order valence-electron chi connectivity index (χ1n) is 8.55. The van der Waals surface area contributed by atoms with Crippen LogP contribution in [0.3, 0.4) is 0 Å². The second-order valence-electron chi connectivity index (χ2n) is 6.51. The Morgan fingerprint density at radius 3 is 2.33 bits per heavy atom. The van der Waals surface area contributed by atoms with Crippen molar-refractivity contribution in [1.82, 2.24) is 19.9 Å². The van der Waals surface area contributed by atoms with Crippen LogP contribution in [-0.4, -0.2) is 33.6 Å². The van der Waals surface area contributed by atoms with E-state index in [-0.39, 0.29) is 0 Å². The van der Waals surface area contributed by atoms with Gasteiger partial charge in [0.15, 0.2) is 15.5 Å². The molecule has 0 unspecified atom stereocenters. The molecule has 0 saturated heterocycles. The lowest BCUT2D eigenvalue weighted by Crippen LogP contribution is -2.13. The number of nitrogens with zero attached hydrogens (tertiary/aromatic N) is 3. The summed E-state index contributed by atoms with van der Waals surface area (Å²) in [4.78, 5) is 16.7. The fourth-order valence-corrected chi connectivity index (χ4v) is 3.93. The molecular weight excluding hydrogens is 360 g/mol. The summed E-state index contributed by atoms with van der Waals surface area (Å²) in [7, 11) is -3.29. The van der Waals surface area contributed by atoms with Crippen molar-refractivity contribution in [1.29, 1.82) is 0 Å². The van der Waals surface area contributed by atoms with Gasteiger partial charge in [-0.3, -0.25) is 4.98 Å². The van der Waals surface area contributed by atoms with Crippen molar-refractivity contribution in [3.05, 3.63) is 61.2 Å². The molecule has 0 amide bonds. The monoisotopic (exact) mass is 378 g/mol. The highest BCUT2D eigenvalue weighted by Gasteiger charge is 2.19. The summed E-state index contributed by atoms with van der Waals surface area (Å²) in [6.45, 7) is 3.35. The Bertz CT molecular complexity index is 1200. The van der Waals surface area contributed by atoms with E-state index in [1.807, 2.05) is 18.3 Å². The number of aromatic amines is 1. The van der Waals surface area contributed by atoms with Gasteiger partial charge < -0.3 is 4.98 Å². The Kier molecular flexibility index (Phi) is 4.24. The van der Waals surface area contributed by atoms with Crippen LogP contribution in [0.25, 0.3) is 33.5 Å². The highest BCUT2D eigenvalue weighted by molar-refractivity contribution is 7.92. The highest BCUT2D eigenvalue weighted by atomic mass is 32.2. The average molecular weight is 378 g/mol. The largest absolute Gasteiger partial charge is 0.344 e. The normalized spacial score (nSPS) is 12.0. The van der Waals surface area contributed by atoms with Gasteiger partial charge in [-0.1, -0.05) is 12.1 Å². The van der Waals surface area contributed by atoms with Crippen LogP contribution in [0.5, 0.6) is 0 Å². The second-order valence-corrected chi connectivity index (χ2v) is 9.01. The van der Waals surface area contributed by atoms with Crippen molar-refractivity contribution in [2.24, 2.45) is 0 Å². The lowest BCUT2D eigenvalue weighted by molar-refractivity contribution is 0.587. The maximum absolute atomic E-state index is 12.3. The van der Waals surface area contributed by atoms with Crippen molar-refractivity contribution in [2.75, 3.05) is 0 Å². The van der Waals surface area contributed by atoms with E-state index >= 15 is 0 Å². The first-order valence-corrected chi connectivity index (χ1v) is 10.1. The quantitative estimate of drug-likeness (QED) is 0.582. The highest BCUT2D eigenvalue weighted by Crippen LogP contribution is 2.28. The molecule has 3 aromatic heterocycles. The summed E-state index contributed by atoms with van der Waals surface area (Å²) in [5.41, 5.74) is 4.91. The van der Waals surface area contributed by atoms with Crippen LogP contribution in [-0.2, 0) is 9.84 Å². The SMILES string of the molecule is CC(C)S(=O)(=O)c1ccc(-c2cnc3[nH]cc(-c4ccncc4)c3n2)cc1. The van der Waals surface area contributed by atoms with E-state index in [1.165, 1.54) is 0 Å². The molecule has 0 aliphatic rings. The number of aromatic nitrogens is 4. The maximum atomic E-state index is 12.3. The molecule has 3 heterocycles. The van der Waals surface area contributed by atoms with Gasteiger partial charge in [0.05, 0.1) is 22.0 Å². The van der Waals surface area contributed by atoms with Crippen LogP contribution in [0.2, 0.25) is 0 Å². The Labute approximate surface area is 157 Å². The standard InChI is InChI=1S/C20H18N4O2S/c1-13(2)27(25,26)16-5-3-15(4-6-16)18-12-23-20-19(24-18)17(11-22-20)14-7-9-21-10-8-14/h3-13H,1-2H3,(H,22,23). The van der Waals surface area contributed by atoms with Crippen molar-refractivity contribution < 1.29 is 8.42 Å². The molecule has 6 nitrogen and oxygen atoms in total. The lowest BCUT2D eigenvalue weighted by Gasteiger charge is -2.08. The van der Waals surface area contributed by atoms with E-state index in [0.29, 0.717) is 16.2 Å². The molecule has 7 heteroatoms. The maximum Gasteiger partial charge on any atom is 0.180 e. The van der Waals surface area contributed by atoms with Crippen molar-refractivity contribution in [3.63, 3.8) is 0 Å². The zero-order chi connectivity index (χ0) is 19.0. The predicted molar refractivity (Wildman–Crippen MR) is 105 cm³/mol. The molecule has 0 aliphatic carbocycles. The summed E-state index contributed by atoms with van der Waals surface area (Å²) in [5.74, 6) is 0. The van der Waals surface area contributed by atoms with E-state index in [0.717, 1.165) is 22.2 Å². The van der Waals surface area contributed by atoms with Gasteiger partial charge in [0, 0.05) is 29.7 Å². The van der Waals surface area contributed by atoms with Crippen LogP contribution in [0.1, 0.15) is 13.8 Å². The minimum Gasteiger partial charge on any atom is -0.344 e. The Balaban J connectivity index is 1.77. The Morgan fingerprint density at radius 1 is 0.963 bits per heavy atom. The molecule has 0 spiro atoms. The fourth-order valence-electron chi connectivity index (χ4n) is 2.87. The number of hydrogen-bond acceptors (Lipinski definition) is 5. The zero-order valence-electron chi connectivity index (χ0n) is 14.9. The van der Waals surface area contributed by atoms with E-state index in [2.05, 4.69) is 15.0 Å². The first kappa shape index (κ1) is 17.4. The van der Waals surface area contributed by atoms with Gasteiger partial charge in [-0.25, -0.2) is 18.4 Å². The molecular formula is C20H18N4O2S. The number of pyridine rings is 1. The van der Waals surface area contributed by atoms with E-state index < -0.39 is 15.1 Å². The number of H-pyrrole nitrogens is 1. The molecule has 0 saturated carbocycles. The fraction of sp³-hybridized carbons (Fsp3) is 0.150. The van der Waals surface area contributed by atoms with E-state index in [9.17, 15) is 8.42 Å². The minimum atomic E-state index is -3.29. The lowest BCUT2D eigenvalue weighted by atomic mass is 10.1. The number of hydrogen-bond donors (Lipinski definition) is 1. The summed E-state index contributed by atoms with van der Waals surface area (Å²) < 4.78 is 24.6. The number of rotatable bonds is 4. The average Bonchev–Trinajstić information content (AvgIpc) is 3.12. The number of nitrogens with one attached hydrogen (secondary N) is 1. The summed E-state index contributed by atoms with van der Waals surface area (Å²) in [6, 6.07) is 10.6. The van der Waals surface area contributed by atoms with Crippen LogP contribution in [0.4, 0.5) is 0 Å². The van der Waals surface area contributed by atoms with Crippen LogP contribution < -0.4 is 0 Å². The summed E-state index contributed by atoms with van der Waals surface area (Å²) >= 11 is 0. The first-order chi connectivity index (χ1) is 13.0. The third-order valence-corrected chi connectivity index (χ3v) is 6.64. The minimum absolute atomic E-state index is 0.314. The van der Waals surface area contributed by atoms with E-state index in [1.54, 1.807) is 56.7 Å². The van der Waals surface area contributed by atoms with Gasteiger partial charge >= 0.3 is 0 Å². The molecule has 4 rings (SSSR count). The van der Waals surface area contributed by atoms with Gasteiger partial charge in [0.2, 0.25) is 0 Å². The number of fused-ring (bicyclic) bond motifs is 1. The van der Waals surface area contributed by atoms with Gasteiger partial charge in [0.1, 0.15) is 5.52 Å². The molecule has 0 aliphatic heterocycles. The third kappa shape index (κ3) is 3.10. The van der Waals surface area contributed by atoms with Gasteiger partial charge in [-0.15, -0.1) is 0 Å². The molecule has 0 fully saturated rings. The van der Waals surface area contributed by atoms with E-state index in [4.69, 9.17) is 4.98 Å². The van der Waals surface area contributed by atoms with Gasteiger partial charge in [0.25, 0.3) is 0 Å². The number of sulfone groups is 1. The smallest absolute Gasteiger partial charge is 0.180 e. The topological polar surface area (TPSA) is 88.6 Å². The molecule has 0 atom stereocenters. The van der Waals surface area contributed by atoms with Gasteiger partial charge in [-0.05, 0) is 43.7 Å².